The molecule has 4 fully saturated rings. The molecule has 4 saturated heterocycles. The van der Waals surface area contributed by atoms with Crippen LogP contribution in [0.5, 0.6) is 11.8 Å². The van der Waals surface area contributed by atoms with Gasteiger partial charge in [-0.1, -0.05) is 18.9 Å². The summed E-state index contributed by atoms with van der Waals surface area (Å²) < 4.78 is 51.7. The number of phenolic OH excluding ortho intramolecular Hbond substituents is 1. The van der Waals surface area contributed by atoms with Crippen molar-refractivity contribution in [2.45, 2.75) is 62.6 Å². The molecule has 0 spiro atoms. The van der Waals surface area contributed by atoms with Crippen LogP contribution in [0.1, 0.15) is 51.0 Å². The molecule has 8 nitrogen and oxygen atoms in total. The molecule has 3 atom stereocenters. The third kappa shape index (κ3) is 4.80. The molecule has 0 unspecified atom stereocenters. The van der Waals surface area contributed by atoms with Gasteiger partial charge in [0.2, 0.25) is 0 Å². The van der Waals surface area contributed by atoms with Gasteiger partial charge in [-0.05, 0) is 74.2 Å². The zero-order valence-electron chi connectivity index (χ0n) is 26.1. The number of aromatic hydroxyl groups is 1. The normalized spacial score (nSPS) is 26.4. The van der Waals surface area contributed by atoms with E-state index >= 15 is 4.39 Å². The van der Waals surface area contributed by atoms with Crippen molar-refractivity contribution in [2.75, 3.05) is 37.7 Å². The number of phenols is 1. The van der Waals surface area contributed by atoms with Gasteiger partial charge in [-0.15, -0.1) is 6.42 Å². The summed E-state index contributed by atoms with van der Waals surface area (Å²) >= 11 is 0. The number of aromatic nitrogens is 3. The Morgan fingerprint density at radius 3 is 2.91 bits per heavy atom. The number of nitrogens with one attached hydrogen (secondary N) is 1. The van der Waals surface area contributed by atoms with Gasteiger partial charge in [0.1, 0.15) is 35.2 Å². The molecule has 8 rings (SSSR count). The van der Waals surface area contributed by atoms with E-state index in [2.05, 4.69) is 37.9 Å². The molecule has 0 radical (unpaired) electrons. The lowest BCUT2D eigenvalue weighted by Crippen LogP contribution is -2.59. The summed E-state index contributed by atoms with van der Waals surface area (Å²) in [6, 6.07) is 5.78. The van der Waals surface area contributed by atoms with E-state index < -0.39 is 11.6 Å². The van der Waals surface area contributed by atoms with Gasteiger partial charge in [0.05, 0.1) is 22.8 Å². The number of benzene rings is 2. The summed E-state index contributed by atoms with van der Waals surface area (Å²) in [5, 5.41) is 15.5. The monoisotopic (exact) mass is 640 g/mol. The molecule has 2 aromatic carbocycles. The van der Waals surface area contributed by atoms with Crippen LogP contribution in [0.4, 0.5) is 19.0 Å². The van der Waals surface area contributed by atoms with Crippen molar-refractivity contribution in [1.82, 2.24) is 25.2 Å². The number of fused-ring (bicyclic) bond motifs is 5. The van der Waals surface area contributed by atoms with Crippen LogP contribution < -0.4 is 15.0 Å². The molecule has 4 aromatic rings. The van der Waals surface area contributed by atoms with E-state index in [1.807, 2.05) is 0 Å². The average Bonchev–Trinajstić information content (AvgIpc) is 3.73. The topological polar surface area (TPSA) is 86.6 Å². The van der Waals surface area contributed by atoms with E-state index in [-0.39, 0.29) is 63.2 Å². The van der Waals surface area contributed by atoms with Crippen LogP contribution in [-0.2, 0) is 0 Å². The number of ether oxygens (including phenoxy) is 1. The van der Waals surface area contributed by atoms with Crippen LogP contribution in [0.15, 0.2) is 42.4 Å². The smallest absolute Gasteiger partial charge is 0.319 e. The number of nitrogens with zero attached hydrogens (tertiary/aromatic N) is 5. The fourth-order valence-corrected chi connectivity index (χ4v) is 8.46. The summed E-state index contributed by atoms with van der Waals surface area (Å²) in [4.78, 5) is 18.4. The molecule has 0 amide bonds. The molecule has 47 heavy (non-hydrogen) atoms. The summed E-state index contributed by atoms with van der Waals surface area (Å²) in [7, 11) is 0. The summed E-state index contributed by atoms with van der Waals surface area (Å²) in [5.41, 5.74) is 0.259. The van der Waals surface area contributed by atoms with E-state index in [9.17, 15) is 13.9 Å². The second-order valence-corrected chi connectivity index (χ2v) is 13.5. The van der Waals surface area contributed by atoms with Crippen molar-refractivity contribution < 1.29 is 23.0 Å². The van der Waals surface area contributed by atoms with Crippen LogP contribution >= 0.6 is 0 Å². The first-order valence-electron chi connectivity index (χ1n) is 16.2. The molecule has 2 aromatic heterocycles. The largest absolute Gasteiger partial charge is 0.508 e. The maximum Gasteiger partial charge on any atom is 0.319 e. The Hall–Kier alpha value is -4.40. The minimum atomic E-state index is -0.761. The van der Waals surface area contributed by atoms with E-state index in [0.717, 1.165) is 44.2 Å². The van der Waals surface area contributed by atoms with Gasteiger partial charge in [-0.3, -0.25) is 9.88 Å². The molecule has 6 heterocycles. The number of anilines is 1. The SMILES string of the molecule is C#Cc1c(F)ccc2cc(O)cc(-c3ncc4c(N5C[C@@H]6CC[C@](CC)(C5)N6)nc(OC[C@@]56CCCN5C/C(=C/F)C6)nc4c3F)c12. The van der Waals surface area contributed by atoms with Crippen LogP contribution in [0.2, 0.25) is 0 Å². The van der Waals surface area contributed by atoms with Crippen molar-refractivity contribution in [1.29, 1.82) is 0 Å². The van der Waals surface area contributed by atoms with Gasteiger partial charge in [0.15, 0.2) is 5.82 Å². The maximum atomic E-state index is 16.9. The molecule has 11 heteroatoms. The van der Waals surface area contributed by atoms with Gasteiger partial charge in [-0.2, -0.15) is 9.97 Å². The average molecular weight is 641 g/mol. The van der Waals surface area contributed by atoms with E-state index in [1.54, 1.807) is 0 Å². The number of terminal acetylenes is 1. The number of piperazine rings is 1. The highest BCUT2D eigenvalue weighted by Gasteiger charge is 2.48. The zero-order chi connectivity index (χ0) is 32.5. The van der Waals surface area contributed by atoms with E-state index in [4.69, 9.17) is 16.1 Å². The highest BCUT2D eigenvalue weighted by Crippen LogP contribution is 2.43. The Morgan fingerprint density at radius 2 is 2.11 bits per heavy atom. The maximum absolute atomic E-state index is 16.9. The fourth-order valence-electron chi connectivity index (χ4n) is 8.46. The van der Waals surface area contributed by atoms with E-state index in [0.29, 0.717) is 49.0 Å². The second-order valence-electron chi connectivity index (χ2n) is 13.5. The van der Waals surface area contributed by atoms with Crippen LogP contribution in [0, 0.1) is 24.0 Å². The van der Waals surface area contributed by atoms with Gasteiger partial charge in [0.25, 0.3) is 0 Å². The van der Waals surface area contributed by atoms with Crippen LogP contribution in [-0.4, -0.2) is 74.9 Å². The molecule has 0 aliphatic carbocycles. The Kier molecular flexibility index (Phi) is 7.08. The molecular formula is C36H35F3N6O2. The number of hydrogen-bond donors (Lipinski definition) is 2. The third-order valence-corrected chi connectivity index (χ3v) is 10.8. The minimum absolute atomic E-state index is 0.00174. The molecule has 2 N–H and O–H groups in total. The lowest BCUT2D eigenvalue weighted by Gasteiger charge is -2.42. The highest BCUT2D eigenvalue weighted by atomic mass is 19.1. The Bertz CT molecular complexity index is 2010. The summed E-state index contributed by atoms with van der Waals surface area (Å²) in [5.74, 6) is 1.37. The number of rotatable bonds is 6. The molecule has 2 bridgehead atoms. The first-order valence-corrected chi connectivity index (χ1v) is 16.2. The zero-order valence-corrected chi connectivity index (χ0v) is 26.1. The molecule has 4 aliphatic rings. The second kappa shape index (κ2) is 11.1. The standard InChI is InChI=1S/C36H35F3N6O2/c1-3-25-28(38)7-6-22-12-24(46)13-26(29(22)25)31-30(39)32-27(16-40-31)33(44-18-23-8-10-35(4-2,19-44)43-23)42-34(41-32)47-20-36-9-5-11-45(36)17-21(14-36)15-37/h1,6-7,12-13,15-16,23,43,46H,4-5,8-11,14,17-20H2,2H3/b21-15+/t23-,35+,36-/m0/s1. The van der Waals surface area contributed by atoms with Crippen LogP contribution in [0.25, 0.3) is 32.9 Å². The first kappa shape index (κ1) is 30.0. The van der Waals surface area contributed by atoms with Crippen molar-refractivity contribution in [3.8, 4) is 35.4 Å². The Labute approximate surface area is 270 Å². The minimum Gasteiger partial charge on any atom is -0.508 e. The molecule has 242 valence electrons. The van der Waals surface area contributed by atoms with Crippen molar-refractivity contribution >= 4 is 27.5 Å². The summed E-state index contributed by atoms with van der Waals surface area (Å²) in [6.07, 6.45) is 13.3. The fraction of sp³-hybridized carbons (Fsp3) is 0.417. The van der Waals surface area contributed by atoms with Gasteiger partial charge >= 0.3 is 6.01 Å². The summed E-state index contributed by atoms with van der Waals surface area (Å²) in [6.45, 7) is 5.18. The number of halogens is 3. The highest BCUT2D eigenvalue weighted by molar-refractivity contribution is 6.03. The van der Waals surface area contributed by atoms with Gasteiger partial charge < -0.3 is 20.1 Å². The van der Waals surface area contributed by atoms with Crippen molar-refractivity contribution in [3.63, 3.8) is 0 Å². The Balaban J connectivity index is 1.28. The number of pyridine rings is 1. The van der Waals surface area contributed by atoms with Crippen molar-refractivity contribution in [3.05, 3.63) is 59.6 Å². The predicted octanol–water partition coefficient (Wildman–Crippen LogP) is 6.00. The van der Waals surface area contributed by atoms with Gasteiger partial charge in [-0.25, -0.2) is 13.2 Å². The molecule has 0 saturated carbocycles. The van der Waals surface area contributed by atoms with Gasteiger partial charge in [0, 0.05) is 48.4 Å². The Morgan fingerprint density at radius 1 is 1.23 bits per heavy atom. The first-order chi connectivity index (χ1) is 22.7. The lowest BCUT2D eigenvalue weighted by molar-refractivity contribution is 0.108. The molecular weight excluding hydrogens is 605 g/mol. The van der Waals surface area contributed by atoms with Crippen molar-refractivity contribution in [2.24, 2.45) is 0 Å². The molecule has 4 aliphatic heterocycles. The number of hydrogen-bond acceptors (Lipinski definition) is 8. The lowest BCUT2D eigenvalue weighted by atomic mass is 9.93. The van der Waals surface area contributed by atoms with Crippen LogP contribution in [0.3, 0.4) is 0 Å². The van der Waals surface area contributed by atoms with E-state index in [1.165, 1.54) is 30.5 Å². The predicted molar refractivity (Wildman–Crippen MR) is 174 cm³/mol. The quantitative estimate of drug-likeness (QED) is 0.248. The third-order valence-electron chi connectivity index (χ3n) is 10.8.